The summed E-state index contributed by atoms with van der Waals surface area (Å²) in [5.74, 6) is 0.0858. The van der Waals surface area contributed by atoms with Crippen LogP contribution in [0.1, 0.15) is 31.1 Å². The minimum atomic E-state index is -1.29. The molecule has 9 nitrogen and oxygen atoms in total. The molecule has 0 radical (unpaired) electrons. The minimum absolute atomic E-state index is 0.0467. The molecule has 198 valence electrons. The van der Waals surface area contributed by atoms with Gasteiger partial charge in [0.05, 0.1) is 27.5 Å². The van der Waals surface area contributed by atoms with Gasteiger partial charge in [0, 0.05) is 23.5 Å². The highest BCUT2D eigenvalue weighted by Crippen LogP contribution is 2.37. The molecule has 4 rings (SSSR count). The molecule has 2 N–H and O–H groups in total. The monoisotopic (exact) mass is 558 g/mol. The van der Waals surface area contributed by atoms with Gasteiger partial charge >= 0.3 is 6.09 Å². The number of halogens is 3. The summed E-state index contributed by atoms with van der Waals surface area (Å²) >= 11 is 12.7. The molecule has 1 aliphatic rings. The molecule has 1 fully saturated rings. The van der Waals surface area contributed by atoms with Crippen LogP contribution in [-0.2, 0) is 9.53 Å². The highest BCUT2D eigenvalue weighted by Gasteiger charge is 2.39. The fraction of sp³-hybridized carbons (Fsp3) is 0.269. The first-order chi connectivity index (χ1) is 18.1. The van der Waals surface area contributed by atoms with E-state index in [4.69, 9.17) is 27.9 Å². The lowest BCUT2D eigenvalue weighted by atomic mass is 10.0. The van der Waals surface area contributed by atoms with Crippen LogP contribution in [-0.4, -0.2) is 45.8 Å². The Morgan fingerprint density at radius 3 is 2.68 bits per heavy atom. The fourth-order valence-corrected chi connectivity index (χ4v) is 4.52. The Balaban J connectivity index is 1.56. The molecule has 3 aromatic rings. The Bertz CT molecular complexity index is 1400. The topological polar surface area (TPSA) is 109 Å². The van der Waals surface area contributed by atoms with Crippen LogP contribution in [0.15, 0.2) is 49.3 Å². The zero-order valence-corrected chi connectivity index (χ0v) is 22.3. The molecule has 0 unspecified atom stereocenters. The van der Waals surface area contributed by atoms with Crippen molar-refractivity contribution < 1.29 is 18.7 Å². The van der Waals surface area contributed by atoms with Gasteiger partial charge in [-0.1, -0.05) is 29.8 Å². The molecule has 12 heteroatoms. The highest BCUT2D eigenvalue weighted by atomic mass is 35.5. The van der Waals surface area contributed by atoms with Crippen molar-refractivity contribution in [3.05, 3.63) is 70.6 Å². The van der Waals surface area contributed by atoms with E-state index >= 15 is 0 Å². The third-order valence-corrected chi connectivity index (χ3v) is 6.66. The summed E-state index contributed by atoms with van der Waals surface area (Å²) in [6, 6.07) is 5.58. The number of carbonyl (C=O) groups excluding carboxylic acids is 2. The Kier molecular flexibility index (Phi) is 8.13. The van der Waals surface area contributed by atoms with Crippen molar-refractivity contribution in [3.8, 4) is 11.1 Å². The second kappa shape index (κ2) is 11.3. The minimum Gasteiger partial charge on any atom is -0.447 e. The zero-order valence-electron chi connectivity index (χ0n) is 20.8. The van der Waals surface area contributed by atoms with Crippen molar-refractivity contribution in [3.63, 3.8) is 0 Å². The normalized spacial score (nSPS) is 16.5. The van der Waals surface area contributed by atoms with Crippen LogP contribution in [0.5, 0.6) is 0 Å². The lowest BCUT2D eigenvalue weighted by molar-refractivity contribution is -0.111. The molecule has 0 spiro atoms. The molecule has 1 aliphatic heterocycles. The first kappa shape index (κ1) is 27.3. The summed E-state index contributed by atoms with van der Waals surface area (Å²) in [7, 11) is 0. The first-order valence-electron chi connectivity index (χ1n) is 11.7. The van der Waals surface area contributed by atoms with Gasteiger partial charge in [0.15, 0.2) is 0 Å². The standard InChI is InChI=1S/C26H25Cl2FN6O3/c1-5-24(36)33-21-9-16(18(27)10-19(21)28)17-11-31-20(8-13(17)2)15(4)32-25-30-7-6-23(34-25)35-22(14(3)29)12-38-26(35)37/h5-11,14-15,22H,1,12H2,2-4H3,(H,33,36)(H,30,32,34)/t14-,15-,22+/m0/s1. The van der Waals surface area contributed by atoms with E-state index in [0.717, 1.165) is 17.2 Å². The number of hydrogen-bond donors (Lipinski definition) is 2. The number of alkyl halides is 1. The molecule has 2 aromatic heterocycles. The number of benzene rings is 1. The molecular weight excluding hydrogens is 534 g/mol. The van der Waals surface area contributed by atoms with Gasteiger partial charge in [0.2, 0.25) is 11.9 Å². The number of anilines is 3. The smallest absolute Gasteiger partial charge is 0.416 e. The van der Waals surface area contributed by atoms with E-state index in [9.17, 15) is 14.0 Å². The molecular formula is C26H25Cl2FN6O3. The van der Waals surface area contributed by atoms with Crippen LogP contribution < -0.4 is 15.5 Å². The molecule has 3 heterocycles. The van der Waals surface area contributed by atoms with Crippen LogP contribution in [0.25, 0.3) is 11.1 Å². The number of amides is 2. The maximum atomic E-state index is 14.0. The van der Waals surface area contributed by atoms with Crippen LogP contribution in [0, 0.1) is 6.92 Å². The van der Waals surface area contributed by atoms with Crippen molar-refractivity contribution in [1.29, 1.82) is 0 Å². The third kappa shape index (κ3) is 5.71. The van der Waals surface area contributed by atoms with Crippen molar-refractivity contribution in [1.82, 2.24) is 15.0 Å². The van der Waals surface area contributed by atoms with Crippen LogP contribution in [0.2, 0.25) is 10.0 Å². The van der Waals surface area contributed by atoms with Gasteiger partial charge in [-0.15, -0.1) is 0 Å². The summed E-state index contributed by atoms with van der Waals surface area (Å²) in [4.78, 5) is 38.3. The van der Waals surface area contributed by atoms with Crippen molar-refractivity contribution in [2.45, 2.75) is 39.0 Å². The zero-order chi connectivity index (χ0) is 27.6. The average molecular weight is 559 g/mol. The van der Waals surface area contributed by atoms with E-state index in [2.05, 4.69) is 32.2 Å². The number of nitrogens with zero attached hydrogens (tertiary/aromatic N) is 4. The summed E-state index contributed by atoms with van der Waals surface area (Å²) in [5, 5.41) is 6.53. The molecule has 0 aliphatic carbocycles. The molecule has 1 aromatic carbocycles. The lowest BCUT2D eigenvalue weighted by Crippen LogP contribution is -2.39. The second-order valence-corrected chi connectivity index (χ2v) is 9.54. The number of nitrogens with one attached hydrogen (secondary N) is 2. The Morgan fingerprint density at radius 2 is 2.00 bits per heavy atom. The molecule has 3 atom stereocenters. The van der Waals surface area contributed by atoms with E-state index in [1.54, 1.807) is 18.3 Å². The number of hydrogen-bond acceptors (Lipinski definition) is 7. The number of pyridine rings is 1. The molecule has 38 heavy (non-hydrogen) atoms. The van der Waals surface area contributed by atoms with E-state index in [-0.39, 0.29) is 24.4 Å². The highest BCUT2D eigenvalue weighted by molar-refractivity contribution is 6.38. The summed E-state index contributed by atoms with van der Waals surface area (Å²) in [6.45, 7) is 8.56. The summed E-state index contributed by atoms with van der Waals surface area (Å²) < 4.78 is 19.0. The van der Waals surface area contributed by atoms with E-state index in [0.29, 0.717) is 27.0 Å². The van der Waals surface area contributed by atoms with Crippen LogP contribution >= 0.6 is 23.2 Å². The Morgan fingerprint density at radius 1 is 1.24 bits per heavy atom. The predicted octanol–water partition coefficient (Wildman–Crippen LogP) is 6.13. The second-order valence-electron chi connectivity index (χ2n) is 8.73. The average Bonchev–Trinajstić information content (AvgIpc) is 3.27. The van der Waals surface area contributed by atoms with Crippen molar-refractivity contribution in [2.24, 2.45) is 0 Å². The quantitative estimate of drug-likeness (QED) is 0.320. The van der Waals surface area contributed by atoms with Gasteiger partial charge in [-0.3, -0.25) is 14.7 Å². The number of ether oxygens (including phenoxy) is 1. The molecule has 2 amide bonds. The Hall–Kier alpha value is -3.76. The van der Waals surface area contributed by atoms with Gasteiger partial charge in [-0.05, 0) is 56.7 Å². The largest absolute Gasteiger partial charge is 0.447 e. The van der Waals surface area contributed by atoms with E-state index in [1.165, 1.54) is 24.1 Å². The fourth-order valence-electron chi connectivity index (χ4n) is 3.99. The number of carbonyl (C=O) groups is 2. The molecule has 1 saturated heterocycles. The molecule has 0 saturated carbocycles. The number of aryl methyl sites for hydroxylation is 1. The number of cyclic esters (lactones) is 1. The third-order valence-electron chi connectivity index (χ3n) is 6.04. The van der Waals surface area contributed by atoms with Gasteiger partial charge in [-0.2, -0.15) is 4.98 Å². The van der Waals surface area contributed by atoms with Crippen molar-refractivity contribution in [2.75, 3.05) is 22.1 Å². The van der Waals surface area contributed by atoms with Crippen molar-refractivity contribution >= 4 is 52.7 Å². The summed E-state index contributed by atoms with van der Waals surface area (Å²) in [6.07, 6.45) is 2.37. The maximum absolute atomic E-state index is 14.0. The SMILES string of the molecule is C=CC(=O)Nc1cc(-c2cnc([C@H](C)Nc3nccc(N4C(=O)OC[C@@H]4[C@H](C)F)n3)cc2C)c(Cl)cc1Cl. The van der Waals surface area contributed by atoms with Gasteiger partial charge < -0.3 is 15.4 Å². The van der Waals surface area contributed by atoms with Gasteiger partial charge in [0.25, 0.3) is 0 Å². The number of aromatic nitrogens is 3. The maximum Gasteiger partial charge on any atom is 0.416 e. The van der Waals surface area contributed by atoms with Crippen LogP contribution in [0.3, 0.4) is 0 Å². The van der Waals surface area contributed by atoms with E-state index < -0.39 is 24.2 Å². The summed E-state index contributed by atoms with van der Waals surface area (Å²) in [5.41, 5.74) is 3.38. The van der Waals surface area contributed by atoms with Gasteiger partial charge in [-0.25, -0.2) is 14.2 Å². The number of rotatable bonds is 8. The van der Waals surface area contributed by atoms with E-state index in [1.807, 2.05) is 19.9 Å². The van der Waals surface area contributed by atoms with Crippen LogP contribution in [0.4, 0.5) is 26.6 Å². The lowest BCUT2D eigenvalue weighted by Gasteiger charge is -2.22. The molecule has 0 bridgehead atoms. The first-order valence-corrected chi connectivity index (χ1v) is 12.4. The predicted molar refractivity (Wildman–Crippen MR) is 146 cm³/mol. The Labute approximate surface area is 229 Å². The van der Waals surface area contributed by atoms with Gasteiger partial charge in [0.1, 0.15) is 24.6 Å².